The van der Waals surface area contributed by atoms with Crippen molar-refractivity contribution in [3.05, 3.63) is 34.9 Å². The van der Waals surface area contributed by atoms with Crippen molar-refractivity contribution < 1.29 is 33.0 Å². The van der Waals surface area contributed by atoms with Gasteiger partial charge in [-0.05, 0) is 56.2 Å². The summed E-state index contributed by atoms with van der Waals surface area (Å²) >= 11 is 0. The van der Waals surface area contributed by atoms with Gasteiger partial charge < -0.3 is 14.2 Å². The van der Waals surface area contributed by atoms with Gasteiger partial charge in [0.25, 0.3) is 0 Å². The summed E-state index contributed by atoms with van der Waals surface area (Å²) in [4.78, 5) is 37.9. The molecule has 29 heavy (non-hydrogen) atoms. The van der Waals surface area contributed by atoms with E-state index in [0.717, 1.165) is 30.4 Å². The SMILES string of the molecule is CCOC(=O)C(F)(C(=O)OCC)[C@H](c1cccc2c1CCCC2)[C@H](C)C(=O)OC. The lowest BCUT2D eigenvalue weighted by Crippen LogP contribution is -2.53. The summed E-state index contributed by atoms with van der Waals surface area (Å²) in [6.07, 6.45) is 3.41. The number of carbonyl (C=O) groups is 3. The number of carbonyl (C=O) groups excluding carboxylic acids is 3. The summed E-state index contributed by atoms with van der Waals surface area (Å²) in [5.41, 5.74) is -0.823. The number of fused-ring (bicyclic) bond motifs is 1. The number of aryl methyl sites for hydroxylation is 1. The molecule has 0 N–H and O–H groups in total. The minimum absolute atomic E-state index is 0.115. The van der Waals surface area contributed by atoms with Crippen LogP contribution >= 0.6 is 0 Å². The molecular weight excluding hydrogens is 379 g/mol. The fourth-order valence-corrected chi connectivity index (χ4v) is 4.06. The second-order valence-electron chi connectivity index (χ2n) is 7.13. The summed E-state index contributed by atoms with van der Waals surface area (Å²) in [5.74, 6) is -5.98. The predicted octanol–water partition coefficient (Wildman–Crippen LogP) is 3.29. The summed E-state index contributed by atoms with van der Waals surface area (Å²) in [6.45, 7) is 4.26. The Bertz CT molecular complexity index is 742. The standard InChI is InChI=1S/C22H29FO6/c1-5-28-20(25)22(23,21(26)29-6-2)18(14(3)19(24)27-4)17-13-9-11-15-10-7-8-12-16(15)17/h9,11,13-14,18H,5-8,10,12H2,1-4H3/t14-,18-/m0/s1. The molecule has 0 aromatic heterocycles. The first kappa shape index (κ1) is 22.8. The van der Waals surface area contributed by atoms with Crippen LogP contribution in [0.4, 0.5) is 4.39 Å². The Morgan fingerprint density at radius 3 is 2.21 bits per heavy atom. The summed E-state index contributed by atoms with van der Waals surface area (Å²) in [7, 11) is 1.19. The molecule has 160 valence electrons. The minimum atomic E-state index is -3.17. The molecule has 6 nitrogen and oxygen atoms in total. The normalized spacial score (nSPS) is 15.6. The molecule has 0 radical (unpaired) electrons. The molecule has 0 spiro atoms. The van der Waals surface area contributed by atoms with Gasteiger partial charge in [-0.3, -0.25) is 4.79 Å². The molecule has 0 heterocycles. The van der Waals surface area contributed by atoms with Gasteiger partial charge in [-0.15, -0.1) is 0 Å². The zero-order valence-corrected chi connectivity index (χ0v) is 17.5. The van der Waals surface area contributed by atoms with Gasteiger partial charge in [0.05, 0.1) is 32.2 Å². The quantitative estimate of drug-likeness (QED) is 0.373. The van der Waals surface area contributed by atoms with E-state index in [1.54, 1.807) is 12.1 Å². The van der Waals surface area contributed by atoms with Crippen molar-refractivity contribution in [1.82, 2.24) is 0 Å². The second-order valence-corrected chi connectivity index (χ2v) is 7.13. The van der Waals surface area contributed by atoms with E-state index in [0.29, 0.717) is 12.0 Å². The molecule has 0 bridgehead atoms. The molecule has 1 aliphatic rings. The van der Waals surface area contributed by atoms with Crippen molar-refractivity contribution in [3.63, 3.8) is 0 Å². The van der Waals surface area contributed by atoms with Crippen LogP contribution in [0.25, 0.3) is 0 Å². The van der Waals surface area contributed by atoms with Crippen LogP contribution in [-0.4, -0.2) is 43.9 Å². The van der Waals surface area contributed by atoms with Crippen LogP contribution in [0, 0.1) is 5.92 Å². The van der Waals surface area contributed by atoms with Crippen molar-refractivity contribution in [2.75, 3.05) is 20.3 Å². The van der Waals surface area contributed by atoms with Gasteiger partial charge >= 0.3 is 23.6 Å². The van der Waals surface area contributed by atoms with E-state index < -0.39 is 35.4 Å². The average Bonchev–Trinajstić information content (AvgIpc) is 2.73. The smallest absolute Gasteiger partial charge is 0.356 e. The van der Waals surface area contributed by atoms with Crippen molar-refractivity contribution >= 4 is 17.9 Å². The third-order valence-corrected chi connectivity index (χ3v) is 5.41. The molecule has 0 saturated heterocycles. The highest BCUT2D eigenvalue weighted by atomic mass is 19.1. The Morgan fingerprint density at radius 2 is 1.66 bits per heavy atom. The molecule has 0 amide bonds. The molecule has 0 saturated carbocycles. The molecule has 1 aliphatic carbocycles. The molecule has 1 aromatic carbocycles. The van der Waals surface area contributed by atoms with Gasteiger partial charge in [0.1, 0.15) is 0 Å². The molecule has 2 rings (SSSR count). The van der Waals surface area contributed by atoms with Gasteiger partial charge in [-0.25, -0.2) is 14.0 Å². The number of benzene rings is 1. The third-order valence-electron chi connectivity index (χ3n) is 5.41. The highest BCUT2D eigenvalue weighted by Gasteiger charge is 2.60. The van der Waals surface area contributed by atoms with Crippen molar-refractivity contribution in [1.29, 1.82) is 0 Å². The van der Waals surface area contributed by atoms with Gasteiger partial charge in [-0.1, -0.05) is 25.1 Å². The van der Waals surface area contributed by atoms with E-state index in [9.17, 15) is 14.4 Å². The van der Waals surface area contributed by atoms with Crippen LogP contribution < -0.4 is 0 Å². The van der Waals surface area contributed by atoms with Gasteiger partial charge in [0.15, 0.2) is 0 Å². The maximum absolute atomic E-state index is 16.5. The van der Waals surface area contributed by atoms with E-state index in [1.807, 2.05) is 6.07 Å². The number of hydrogen-bond donors (Lipinski definition) is 0. The molecule has 0 fully saturated rings. The highest BCUT2D eigenvalue weighted by molar-refractivity contribution is 6.05. The van der Waals surface area contributed by atoms with Crippen LogP contribution in [-0.2, 0) is 41.4 Å². The average molecular weight is 408 g/mol. The van der Waals surface area contributed by atoms with Crippen LogP contribution in [0.2, 0.25) is 0 Å². The van der Waals surface area contributed by atoms with Crippen LogP contribution in [0.3, 0.4) is 0 Å². The summed E-state index contributed by atoms with van der Waals surface area (Å²) in [5, 5.41) is 0. The van der Waals surface area contributed by atoms with Gasteiger partial charge in [0.2, 0.25) is 0 Å². The minimum Gasteiger partial charge on any atom is -0.469 e. The fraction of sp³-hybridized carbons (Fsp3) is 0.591. The largest absolute Gasteiger partial charge is 0.469 e. The Labute approximate surface area is 170 Å². The maximum Gasteiger partial charge on any atom is 0.356 e. The number of esters is 3. The second kappa shape index (κ2) is 9.85. The van der Waals surface area contributed by atoms with Crippen molar-refractivity contribution in [2.24, 2.45) is 5.92 Å². The number of alkyl halides is 1. The molecule has 1 aromatic rings. The molecule has 0 unspecified atom stereocenters. The number of halogens is 1. The van der Waals surface area contributed by atoms with Gasteiger partial charge in [-0.2, -0.15) is 0 Å². The lowest BCUT2D eigenvalue weighted by Gasteiger charge is -2.35. The number of rotatable bonds is 8. The van der Waals surface area contributed by atoms with E-state index in [1.165, 1.54) is 27.9 Å². The zero-order valence-electron chi connectivity index (χ0n) is 17.5. The van der Waals surface area contributed by atoms with E-state index in [4.69, 9.17) is 14.2 Å². The lowest BCUT2D eigenvalue weighted by molar-refractivity contribution is -0.179. The Kier molecular flexibility index (Phi) is 7.76. The number of methoxy groups -OCH3 is 1. The highest BCUT2D eigenvalue weighted by Crippen LogP contribution is 2.44. The first-order valence-electron chi connectivity index (χ1n) is 10.0. The van der Waals surface area contributed by atoms with Crippen LogP contribution in [0.1, 0.15) is 56.2 Å². The fourth-order valence-electron chi connectivity index (χ4n) is 4.06. The molecule has 0 aliphatic heterocycles. The number of hydrogen-bond acceptors (Lipinski definition) is 6. The first-order valence-corrected chi connectivity index (χ1v) is 10.0. The lowest BCUT2D eigenvalue weighted by atomic mass is 9.71. The van der Waals surface area contributed by atoms with Crippen LogP contribution in [0.15, 0.2) is 18.2 Å². The molecule has 2 atom stereocenters. The van der Waals surface area contributed by atoms with E-state index >= 15 is 4.39 Å². The third kappa shape index (κ3) is 4.43. The topological polar surface area (TPSA) is 78.9 Å². The Hall–Kier alpha value is -2.44. The van der Waals surface area contributed by atoms with Crippen LogP contribution in [0.5, 0.6) is 0 Å². The van der Waals surface area contributed by atoms with Crippen molar-refractivity contribution in [3.8, 4) is 0 Å². The first-order chi connectivity index (χ1) is 13.8. The van der Waals surface area contributed by atoms with Gasteiger partial charge in [0, 0.05) is 0 Å². The zero-order chi connectivity index (χ0) is 21.6. The Morgan fingerprint density at radius 1 is 1.07 bits per heavy atom. The monoisotopic (exact) mass is 408 g/mol. The van der Waals surface area contributed by atoms with Crippen molar-refractivity contribution in [2.45, 2.75) is 58.0 Å². The Balaban J connectivity index is 2.73. The predicted molar refractivity (Wildman–Crippen MR) is 104 cm³/mol. The van der Waals surface area contributed by atoms with E-state index in [-0.39, 0.29) is 13.2 Å². The summed E-state index contributed by atoms with van der Waals surface area (Å²) < 4.78 is 31.1. The molecular formula is C22H29FO6. The number of ether oxygens (including phenoxy) is 3. The van der Waals surface area contributed by atoms with E-state index in [2.05, 4.69) is 0 Å². The maximum atomic E-state index is 16.5. The molecule has 7 heteroatoms. The summed E-state index contributed by atoms with van der Waals surface area (Å²) in [6, 6.07) is 5.38.